The predicted octanol–water partition coefficient (Wildman–Crippen LogP) is 2.75. The van der Waals surface area contributed by atoms with E-state index in [1.54, 1.807) is 19.2 Å². The molecule has 0 spiro atoms. The van der Waals surface area contributed by atoms with Crippen LogP contribution >= 0.6 is 0 Å². The van der Waals surface area contributed by atoms with Gasteiger partial charge in [-0.25, -0.2) is 14.6 Å². The lowest BCUT2D eigenvalue weighted by atomic mass is 10.0. The largest absolute Gasteiger partial charge is 0.497 e. The fourth-order valence-electron chi connectivity index (χ4n) is 4.81. The first-order chi connectivity index (χ1) is 18.7. The molecule has 0 unspecified atom stereocenters. The molecule has 0 atom stereocenters. The van der Waals surface area contributed by atoms with Gasteiger partial charge in [-0.15, -0.1) is 0 Å². The van der Waals surface area contributed by atoms with E-state index >= 15 is 0 Å². The van der Waals surface area contributed by atoms with Crippen LogP contribution in [-0.2, 0) is 25.3 Å². The minimum absolute atomic E-state index is 0.285. The number of allylic oxidation sites excluding steroid dienone is 1. The fourth-order valence-corrected chi connectivity index (χ4v) is 4.81. The highest BCUT2D eigenvalue weighted by atomic mass is 16.5. The number of methoxy groups -OCH3 is 1. The number of nitrogen functional groups attached to an aromatic ring is 1. The van der Waals surface area contributed by atoms with Gasteiger partial charge in [0.1, 0.15) is 17.1 Å². The van der Waals surface area contributed by atoms with Gasteiger partial charge in [-0.05, 0) is 53.8 Å². The van der Waals surface area contributed by atoms with Gasteiger partial charge in [-0.3, -0.25) is 18.7 Å². The Balaban J connectivity index is 1.50. The number of para-hydroxylation sites is 1. The minimum Gasteiger partial charge on any atom is -0.497 e. The number of rotatable bonds is 6. The molecule has 0 aliphatic heterocycles. The number of esters is 1. The SMILES string of the molecule is COc1ccc(/C=C2\CCc3c2nc2ccccc2c3C(=O)OCC(=O)c2c(N)n(C)c(=O)n(C)c2=O)cc1. The van der Waals surface area contributed by atoms with Crippen LogP contribution < -0.4 is 21.7 Å². The smallest absolute Gasteiger partial charge is 0.339 e. The number of fused-ring (bicyclic) bond motifs is 2. The Hall–Kier alpha value is -4.99. The van der Waals surface area contributed by atoms with Crippen molar-refractivity contribution in [2.24, 2.45) is 14.1 Å². The highest BCUT2D eigenvalue weighted by Gasteiger charge is 2.29. The zero-order valence-corrected chi connectivity index (χ0v) is 21.7. The van der Waals surface area contributed by atoms with Crippen LogP contribution in [0.5, 0.6) is 5.75 Å². The highest BCUT2D eigenvalue weighted by molar-refractivity contribution is 6.08. The summed E-state index contributed by atoms with van der Waals surface area (Å²) in [5.41, 5.74) is 8.32. The summed E-state index contributed by atoms with van der Waals surface area (Å²) in [5.74, 6) is -1.03. The molecule has 5 rings (SSSR count). The monoisotopic (exact) mass is 526 g/mol. The summed E-state index contributed by atoms with van der Waals surface area (Å²) in [6, 6.07) is 14.9. The molecule has 0 saturated heterocycles. The van der Waals surface area contributed by atoms with Crippen LogP contribution in [0.1, 0.15) is 44.0 Å². The number of nitrogens with zero attached hydrogens (tertiary/aromatic N) is 3. The van der Waals surface area contributed by atoms with E-state index in [4.69, 9.17) is 20.2 Å². The van der Waals surface area contributed by atoms with Crippen molar-refractivity contribution in [2.45, 2.75) is 12.8 Å². The zero-order chi connectivity index (χ0) is 27.8. The maximum absolute atomic E-state index is 13.4. The third-order valence-electron chi connectivity index (χ3n) is 6.93. The Morgan fingerprint density at radius 1 is 1.00 bits per heavy atom. The Labute approximate surface area is 222 Å². The molecule has 198 valence electrons. The summed E-state index contributed by atoms with van der Waals surface area (Å²) in [5, 5.41) is 0.608. The van der Waals surface area contributed by atoms with E-state index < -0.39 is 35.2 Å². The van der Waals surface area contributed by atoms with Crippen LogP contribution in [0.4, 0.5) is 5.82 Å². The molecular weight excluding hydrogens is 500 g/mol. The maximum Gasteiger partial charge on any atom is 0.339 e. The van der Waals surface area contributed by atoms with E-state index in [2.05, 4.69) is 0 Å². The van der Waals surface area contributed by atoms with E-state index in [0.29, 0.717) is 35.0 Å². The lowest BCUT2D eigenvalue weighted by Gasteiger charge is -2.13. The number of nitrogens with two attached hydrogens (primary N) is 1. The van der Waals surface area contributed by atoms with Crippen molar-refractivity contribution >= 4 is 40.1 Å². The second-order valence-corrected chi connectivity index (χ2v) is 9.24. The lowest BCUT2D eigenvalue weighted by Crippen LogP contribution is -2.42. The Kier molecular flexibility index (Phi) is 6.61. The third kappa shape index (κ3) is 4.50. The van der Waals surface area contributed by atoms with Gasteiger partial charge >= 0.3 is 11.7 Å². The Morgan fingerprint density at radius 2 is 1.72 bits per heavy atom. The van der Waals surface area contributed by atoms with Crippen LogP contribution in [0.15, 0.2) is 58.1 Å². The van der Waals surface area contributed by atoms with Crippen molar-refractivity contribution in [3.8, 4) is 5.75 Å². The van der Waals surface area contributed by atoms with Crippen molar-refractivity contribution in [3.05, 3.63) is 97.3 Å². The van der Waals surface area contributed by atoms with Crippen LogP contribution in [0.3, 0.4) is 0 Å². The summed E-state index contributed by atoms with van der Waals surface area (Å²) in [6.07, 6.45) is 3.28. The average molecular weight is 527 g/mol. The molecule has 1 aliphatic rings. The quantitative estimate of drug-likeness (QED) is 0.299. The second-order valence-electron chi connectivity index (χ2n) is 9.24. The van der Waals surface area contributed by atoms with Crippen molar-refractivity contribution in [1.29, 1.82) is 0 Å². The number of benzene rings is 2. The second kappa shape index (κ2) is 10.1. The standard InChI is InChI=1S/C29H26N4O6/c1-32-26(30)24(27(35)33(2)29(32)37)22(34)15-39-28(36)23-19-6-4-5-7-21(19)31-25-17(10-13-20(23)25)14-16-8-11-18(38-3)12-9-16/h4-9,11-12,14H,10,13,15,30H2,1-3H3/b17-14+. The summed E-state index contributed by atoms with van der Waals surface area (Å²) in [4.78, 5) is 55.8. The first-order valence-electron chi connectivity index (χ1n) is 12.2. The van der Waals surface area contributed by atoms with Gasteiger partial charge in [0.2, 0.25) is 5.78 Å². The first kappa shape index (κ1) is 25.7. The van der Waals surface area contributed by atoms with Gasteiger partial charge in [0.15, 0.2) is 6.61 Å². The molecule has 1 aliphatic carbocycles. The summed E-state index contributed by atoms with van der Waals surface area (Å²) in [6.45, 7) is -0.712. The molecule has 4 aromatic rings. The van der Waals surface area contributed by atoms with Gasteiger partial charge < -0.3 is 15.2 Å². The number of carbonyl (C=O) groups is 2. The third-order valence-corrected chi connectivity index (χ3v) is 6.93. The normalized spacial score (nSPS) is 13.5. The number of aromatic nitrogens is 3. The molecule has 10 heteroatoms. The number of Topliss-reactive ketones (excluding diaryl/α,β-unsaturated/α-hetero) is 1. The number of hydrogen-bond acceptors (Lipinski definition) is 8. The fraction of sp³-hybridized carbons (Fsp3) is 0.207. The maximum atomic E-state index is 13.4. The molecule has 0 saturated carbocycles. The molecular formula is C29H26N4O6. The van der Waals surface area contributed by atoms with E-state index in [1.807, 2.05) is 42.5 Å². The van der Waals surface area contributed by atoms with Crippen molar-refractivity contribution in [1.82, 2.24) is 14.1 Å². The van der Waals surface area contributed by atoms with Gasteiger partial charge in [-0.1, -0.05) is 30.3 Å². The van der Waals surface area contributed by atoms with Crippen molar-refractivity contribution in [2.75, 3.05) is 19.5 Å². The molecule has 2 N–H and O–H groups in total. The number of ether oxygens (including phenoxy) is 2. The van der Waals surface area contributed by atoms with Crippen molar-refractivity contribution in [3.63, 3.8) is 0 Å². The molecule has 0 radical (unpaired) electrons. The molecule has 10 nitrogen and oxygen atoms in total. The van der Waals surface area contributed by atoms with Gasteiger partial charge in [-0.2, -0.15) is 0 Å². The summed E-state index contributed by atoms with van der Waals surface area (Å²) < 4.78 is 12.5. The first-order valence-corrected chi connectivity index (χ1v) is 12.2. The Bertz CT molecular complexity index is 1800. The van der Waals surface area contributed by atoms with Crippen LogP contribution in [0.2, 0.25) is 0 Å². The van der Waals surface area contributed by atoms with Crippen LogP contribution in [0.25, 0.3) is 22.6 Å². The van der Waals surface area contributed by atoms with E-state index in [1.165, 1.54) is 14.1 Å². The molecule has 39 heavy (non-hydrogen) atoms. The summed E-state index contributed by atoms with van der Waals surface area (Å²) >= 11 is 0. The van der Waals surface area contributed by atoms with E-state index in [-0.39, 0.29) is 5.82 Å². The molecule has 0 amide bonds. The lowest BCUT2D eigenvalue weighted by molar-refractivity contribution is 0.0475. The number of ketones is 1. The molecule has 2 aromatic heterocycles. The Morgan fingerprint density at radius 3 is 2.44 bits per heavy atom. The van der Waals surface area contributed by atoms with E-state index in [9.17, 15) is 19.2 Å². The number of anilines is 1. The highest BCUT2D eigenvalue weighted by Crippen LogP contribution is 2.38. The zero-order valence-electron chi connectivity index (χ0n) is 21.7. The summed E-state index contributed by atoms with van der Waals surface area (Å²) in [7, 11) is 4.21. The number of carbonyl (C=O) groups excluding carboxylic acids is 2. The van der Waals surface area contributed by atoms with Gasteiger partial charge in [0, 0.05) is 19.5 Å². The average Bonchev–Trinajstić information content (AvgIpc) is 3.34. The van der Waals surface area contributed by atoms with Crippen LogP contribution in [-0.4, -0.2) is 39.6 Å². The predicted molar refractivity (Wildman–Crippen MR) is 147 cm³/mol. The van der Waals surface area contributed by atoms with Crippen molar-refractivity contribution < 1.29 is 19.1 Å². The molecule has 0 fully saturated rings. The van der Waals surface area contributed by atoms with Gasteiger partial charge in [0.05, 0.1) is 23.9 Å². The minimum atomic E-state index is -0.847. The topological polar surface area (TPSA) is 136 Å². The van der Waals surface area contributed by atoms with Gasteiger partial charge in [0.25, 0.3) is 5.56 Å². The van der Waals surface area contributed by atoms with E-state index in [0.717, 1.165) is 31.6 Å². The molecule has 2 aromatic carbocycles. The van der Waals surface area contributed by atoms with Crippen LogP contribution in [0, 0.1) is 0 Å². The number of hydrogen-bond donors (Lipinski definition) is 1. The molecule has 2 heterocycles. The number of pyridine rings is 1. The molecule has 0 bridgehead atoms.